The minimum absolute atomic E-state index is 0.0795. The van der Waals surface area contributed by atoms with Gasteiger partial charge in [-0.25, -0.2) is 9.18 Å². The summed E-state index contributed by atoms with van der Waals surface area (Å²) in [5, 5.41) is 0. The first kappa shape index (κ1) is 30.8. The molecule has 2 fully saturated rings. The molecular weight excluding hydrogens is 521 g/mol. The topological polar surface area (TPSA) is 62.3 Å². The van der Waals surface area contributed by atoms with E-state index >= 15 is 0 Å². The minimum atomic E-state index is -0.276. The number of hydrogen-bond donors (Lipinski definition) is 0. The molecule has 7 nitrogen and oxygen atoms in total. The van der Waals surface area contributed by atoms with Crippen molar-refractivity contribution < 1.29 is 23.5 Å². The first-order chi connectivity index (χ1) is 19.7. The van der Waals surface area contributed by atoms with E-state index in [1.807, 2.05) is 34.1 Å². The van der Waals surface area contributed by atoms with Crippen LogP contribution < -0.4 is 4.74 Å². The third-order valence-electron chi connectivity index (χ3n) is 8.10. The molecule has 0 aromatic heterocycles. The molecule has 0 radical (unpaired) electrons. The van der Waals surface area contributed by atoms with Crippen LogP contribution in [0.4, 0.5) is 9.18 Å². The van der Waals surface area contributed by atoms with E-state index in [0.29, 0.717) is 44.6 Å². The van der Waals surface area contributed by atoms with Crippen LogP contribution in [0.1, 0.15) is 58.1 Å². The van der Waals surface area contributed by atoms with Crippen LogP contribution in [0.25, 0.3) is 0 Å². The van der Waals surface area contributed by atoms with Crippen LogP contribution in [0.15, 0.2) is 48.5 Å². The molecule has 2 amide bonds. The van der Waals surface area contributed by atoms with Gasteiger partial charge in [0.2, 0.25) is 5.91 Å². The third-order valence-corrected chi connectivity index (χ3v) is 8.10. The lowest BCUT2D eigenvalue weighted by molar-refractivity contribution is -0.134. The van der Waals surface area contributed by atoms with Gasteiger partial charge >= 0.3 is 6.09 Å². The minimum Gasteiger partial charge on any atom is -0.493 e. The molecule has 0 N–H and O–H groups in total. The van der Waals surface area contributed by atoms with Crippen molar-refractivity contribution in [1.29, 1.82) is 0 Å². The molecule has 2 heterocycles. The van der Waals surface area contributed by atoms with Crippen molar-refractivity contribution in [2.24, 2.45) is 11.8 Å². The Balaban J connectivity index is 1.33. The summed E-state index contributed by atoms with van der Waals surface area (Å²) in [6, 6.07) is 14.5. The number of amides is 2. The van der Waals surface area contributed by atoms with Gasteiger partial charge in [-0.15, -0.1) is 0 Å². The Kier molecular flexibility index (Phi) is 11.0. The van der Waals surface area contributed by atoms with Gasteiger partial charge in [-0.3, -0.25) is 4.79 Å². The van der Waals surface area contributed by atoms with Crippen LogP contribution in [0.3, 0.4) is 0 Å². The van der Waals surface area contributed by atoms with E-state index in [4.69, 9.17) is 9.47 Å². The molecule has 0 spiro atoms. The lowest BCUT2D eigenvalue weighted by atomic mass is 10.00. The highest BCUT2D eigenvalue weighted by Crippen LogP contribution is 2.23. The second-order valence-corrected chi connectivity index (χ2v) is 12.2. The SMILES string of the molecule is CC(C)COc1ccc(CC(=O)N(Cc2ccc(F)cc2)C2CCN(CCCN3C(=O)OC[C@@H]3C(C)C)CC2)cc1. The number of piperidine rings is 1. The van der Waals surface area contributed by atoms with Crippen molar-refractivity contribution in [2.45, 2.75) is 72.0 Å². The Hall–Kier alpha value is -3.13. The quantitative estimate of drug-likeness (QED) is 0.308. The molecule has 224 valence electrons. The van der Waals surface area contributed by atoms with Gasteiger partial charge in [0, 0.05) is 32.2 Å². The summed E-state index contributed by atoms with van der Waals surface area (Å²) in [5.41, 5.74) is 1.88. The maximum atomic E-state index is 13.7. The number of rotatable bonds is 13. The standard InChI is InChI=1S/C33H46FN3O4/c1-24(2)22-40-30-12-8-26(9-13-30)20-32(38)37(21-27-6-10-28(34)11-7-27)29-14-18-35(19-15-29)16-5-17-36-31(25(3)4)23-41-33(36)39/h6-13,24-25,29,31H,5,14-23H2,1-4H3/t31-/m1/s1. The highest BCUT2D eigenvalue weighted by Gasteiger charge is 2.34. The van der Waals surface area contributed by atoms with Crippen LogP contribution >= 0.6 is 0 Å². The molecule has 2 aliphatic heterocycles. The van der Waals surface area contributed by atoms with E-state index in [1.54, 1.807) is 12.1 Å². The molecule has 4 rings (SSSR count). The molecule has 2 aromatic rings. The number of likely N-dealkylation sites (tertiary alicyclic amines) is 1. The van der Waals surface area contributed by atoms with Crippen molar-refractivity contribution in [1.82, 2.24) is 14.7 Å². The highest BCUT2D eigenvalue weighted by atomic mass is 19.1. The van der Waals surface area contributed by atoms with Crippen molar-refractivity contribution >= 4 is 12.0 Å². The van der Waals surface area contributed by atoms with Crippen LogP contribution in [-0.4, -0.2) is 78.2 Å². The van der Waals surface area contributed by atoms with Gasteiger partial charge in [0.05, 0.1) is 19.1 Å². The number of carbonyl (C=O) groups excluding carboxylic acids is 2. The zero-order valence-corrected chi connectivity index (χ0v) is 25.1. The molecule has 1 atom stereocenters. The molecule has 0 aliphatic carbocycles. The Morgan fingerprint density at radius 3 is 2.29 bits per heavy atom. The van der Waals surface area contributed by atoms with Crippen molar-refractivity contribution in [2.75, 3.05) is 39.4 Å². The largest absolute Gasteiger partial charge is 0.493 e. The van der Waals surface area contributed by atoms with Gasteiger partial charge < -0.3 is 24.2 Å². The van der Waals surface area contributed by atoms with E-state index in [1.165, 1.54) is 12.1 Å². The van der Waals surface area contributed by atoms with Gasteiger partial charge in [-0.2, -0.15) is 0 Å². The fourth-order valence-corrected chi connectivity index (χ4v) is 5.64. The number of halogens is 1. The summed E-state index contributed by atoms with van der Waals surface area (Å²) >= 11 is 0. The Labute approximate surface area is 244 Å². The lowest BCUT2D eigenvalue weighted by Gasteiger charge is -2.39. The second kappa shape index (κ2) is 14.7. The molecule has 8 heteroatoms. The molecule has 2 saturated heterocycles. The number of nitrogens with zero attached hydrogens (tertiary/aromatic N) is 3. The van der Waals surface area contributed by atoms with E-state index in [0.717, 1.165) is 55.8 Å². The average Bonchev–Trinajstić information content (AvgIpc) is 3.33. The number of hydrogen-bond acceptors (Lipinski definition) is 5. The monoisotopic (exact) mass is 567 g/mol. The number of carbonyl (C=O) groups is 2. The number of ether oxygens (including phenoxy) is 2. The maximum Gasteiger partial charge on any atom is 0.410 e. The zero-order chi connectivity index (χ0) is 29.4. The first-order valence-corrected chi connectivity index (χ1v) is 15.1. The van der Waals surface area contributed by atoms with Gasteiger partial charge in [0.25, 0.3) is 0 Å². The lowest BCUT2D eigenvalue weighted by Crippen LogP contribution is -2.48. The molecule has 0 bridgehead atoms. The van der Waals surface area contributed by atoms with Crippen molar-refractivity contribution in [3.05, 3.63) is 65.5 Å². The maximum absolute atomic E-state index is 13.7. The summed E-state index contributed by atoms with van der Waals surface area (Å²) in [6.07, 6.45) is 2.78. The molecule has 0 unspecified atom stereocenters. The fraction of sp³-hybridized carbons (Fsp3) is 0.576. The Morgan fingerprint density at radius 1 is 1.00 bits per heavy atom. The van der Waals surface area contributed by atoms with Crippen LogP contribution in [-0.2, 0) is 22.5 Å². The average molecular weight is 568 g/mol. The van der Waals surface area contributed by atoms with Gasteiger partial charge in [0.1, 0.15) is 18.2 Å². The predicted octanol–water partition coefficient (Wildman–Crippen LogP) is 5.76. The van der Waals surface area contributed by atoms with Crippen molar-refractivity contribution in [3.8, 4) is 5.75 Å². The summed E-state index contributed by atoms with van der Waals surface area (Å²) in [5.74, 6) is 1.44. The summed E-state index contributed by atoms with van der Waals surface area (Å²) in [6.45, 7) is 13.5. The molecule has 2 aromatic carbocycles. The van der Waals surface area contributed by atoms with E-state index < -0.39 is 0 Å². The van der Waals surface area contributed by atoms with Crippen molar-refractivity contribution in [3.63, 3.8) is 0 Å². The normalized spacial score (nSPS) is 18.3. The molecule has 0 saturated carbocycles. The molecule has 41 heavy (non-hydrogen) atoms. The highest BCUT2D eigenvalue weighted by molar-refractivity contribution is 5.79. The van der Waals surface area contributed by atoms with Gasteiger partial charge in [0.15, 0.2) is 0 Å². The van der Waals surface area contributed by atoms with Gasteiger partial charge in [-0.1, -0.05) is 52.0 Å². The first-order valence-electron chi connectivity index (χ1n) is 15.1. The fourth-order valence-electron chi connectivity index (χ4n) is 5.64. The summed E-state index contributed by atoms with van der Waals surface area (Å²) in [7, 11) is 0. The molecular formula is C33H46FN3O4. The summed E-state index contributed by atoms with van der Waals surface area (Å²) in [4.78, 5) is 32.1. The van der Waals surface area contributed by atoms with E-state index in [9.17, 15) is 14.0 Å². The summed E-state index contributed by atoms with van der Waals surface area (Å²) < 4.78 is 24.6. The van der Waals surface area contributed by atoms with E-state index in [2.05, 4.69) is 32.6 Å². The van der Waals surface area contributed by atoms with Crippen LogP contribution in [0.2, 0.25) is 0 Å². The van der Waals surface area contributed by atoms with Crippen LogP contribution in [0.5, 0.6) is 5.75 Å². The third kappa shape index (κ3) is 8.93. The number of benzene rings is 2. The van der Waals surface area contributed by atoms with Crippen LogP contribution in [0, 0.1) is 17.7 Å². The number of cyclic esters (lactones) is 1. The van der Waals surface area contributed by atoms with E-state index in [-0.39, 0.29) is 29.9 Å². The zero-order valence-electron chi connectivity index (χ0n) is 25.1. The second-order valence-electron chi connectivity index (χ2n) is 12.2. The molecule has 2 aliphatic rings. The Morgan fingerprint density at radius 2 is 1.66 bits per heavy atom. The van der Waals surface area contributed by atoms with Gasteiger partial charge in [-0.05, 0) is 73.0 Å². The predicted molar refractivity (Wildman–Crippen MR) is 158 cm³/mol. The Bertz CT molecular complexity index is 1110. The smallest absolute Gasteiger partial charge is 0.410 e.